The summed E-state index contributed by atoms with van der Waals surface area (Å²) < 4.78 is 14.4. The number of likely N-dealkylation sites (tertiary alicyclic amines) is 1. The summed E-state index contributed by atoms with van der Waals surface area (Å²) in [6.07, 6.45) is 2.10. The van der Waals surface area contributed by atoms with Crippen molar-refractivity contribution in [3.8, 4) is 0 Å². The van der Waals surface area contributed by atoms with Crippen molar-refractivity contribution in [2.45, 2.75) is 60.0 Å². The standard InChI is InChI=1S/C23H31FN6O2.2C2H6/c1-4-5-8-27-12-23(32)13-30(14-23)22(31)16-10-20(26-3)21(29-25)11-19(16)28-18-7-6-15(2)9-17(18)24;2*1-2/h6-7,9-11,25-28,32H,4-5,8,12-14H2,1-3H3;2*1-2H3. The van der Waals surface area contributed by atoms with Gasteiger partial charge in [0.25, 0.3) is 5.91 Å². The highest BCUT2D eigenvalue weighted by Gasteiger charge is 2.44. The molecule has 9 heteroatoms. The van der Waals surface area contributed by atoms with Gasteiger partial charge in [-0.15, -0.1) is 0 Å². The van der Waals surface area contributed by atoms with E-state index in [-0.39, 0.29) is 24.7 Å². The first-order chi connectivity index (χ1) is 17.3. The summed E-state index contributed by atoms with van der Waals surface area (Å²) in [6, 6.07) is 7.92. The smallest absolute Gasteiger partial charge is 0.256 e. The molecular formula is C27H43FN6O2. The molecule has 0 unspecified atom stereocenters. The maximum atomic E-state index is 14.4. The summed E-state index contributed by atoms with van der Waals surface area (Å²) in [5.41, 5.74) is 8.97. The summed E-state index contributed by atoms with van der Waals surface area (Å²) in [5, 5.41) is 23.3. The number of nitrogens with one attached hydrogen (secondary N) is 4. The van der Waals surface area contributed by atoms with Crippen LogP contribution in [0.3, 0.4) is 0 Å². The van der Waals surface area contributed by atoms with Crippen molar-refractivity contribution in [3.05, 3.63) is 47.3 Å². The highest BCUT2D eigenvalue weighted by Crippen LogP contribution is 2.36. The van der Waals surface area contributed by atoms with Crippen LogP contribution >= 0.6 is 0 Å². The number of nitrogens with zero attached hydrogens (tertiary/aromatic N) is 2. The number of carbonyl (C=O) groups excluding carboxylic acids is 1. The highest BCUT2D eigenvalue weighted by atomic mass is 19.1. The number of halogens is 1. The largest absolute Gasteiger partial charge is 0.386 e. The Hall–Kier alpha value is -3.04. The van der Waals surface area contributed by atoms with Gasteiger partial charge >= 0.3 is 0 Å². The van der Waals surface area contributed by atoms with Crippen molar-refractivity contribution in [1.29, 1.82) is 5.53 Å². The summed E-state index contributed by atoms with van der Waals surface area (Å²) in [7, 11) is 1.68. The van der Waals surface area contributed by atoms with E-state index >= 15 is 0 Å². The lowest BCUT2D eigenvalue weighted by atomic mass is 9.92. The number of hydrogen-bond acceptors (Lipinski definition) is 7. The Morgan fingerprint density at radius 1 is 1.14 bits per heavy atom. The van der Waals surface area contributed by atoms with Crippen molar-refractivity contribution in [2.75, 3.05) is 43.9 Å². The van der Waals surface area contributed by atoms with Gasteiger partial charge in [-0.2, -0.15) is 5.11 Å². The Morgan fingerprint density at radius 3 is 2.36 bits per heavy atom. The molecule has 1 saturated heterocycles. The van der Waals surface area contributed by atoms with Gasteiger partial charge in [-0.25, -0.2) is 9.92 Å². The second-order valence-electron chi connectivity index (χ2n) is 8.30. The van der Waals surface area contributed by atoms with Gasteiger partial charge in [0.2, 0.25) is 0 Å². The first-order valence-corrected chi connectivity index (χ1v) is 12.8. The number of hydrogen-bond donors (Lipinski definition) is 5. The molecule has 0 atom stereocenters. The summed E-state index contributed by atoms with van der Waals surface area (Å²) in [4.78, 5) is 14.8. The first-order valence-electron chi connectivity index (χ1n) is 12.8. The molecular weight excluding hydrogens is 459 g/mol. The molecule has 0 aromatic heterocycles. The van der Waals surface area contributed by atoms with Gasteiger partial charge in [0.05, 0.1) is 35.7 Å². The van der Waals surface area contributed by atoms with Crippen molar-refractivity contribution < 1.29 is 14.3 Å². The number of aliphatic hydroxyl groups is 1. The molecule has 0 saturated carbocycles. The number of rotatable bonds is 10. The van der Waals surface area contributed by atoms with Crippen molar-refractivity contribution >= 4 is 28.7 Å². The van der Waals surface area contributed by atoms with Crippen LogP contribution in [0.5, 0.6) is 0 Å². The summed E-state index contributed by atoms with van der Waals surface area (Å²) in [6.45, 7) is 13.6. The summed E-state index contributed by atoms with van der Waals surface area (Å²) >= 11 is 0. The normalized spacial score (nSPS) is 13.3. The van der Waals surface area contributed by atoms with Gasteiger partial charge in [-0.3, -0.25) is 4.79 Å². The molecule has 0 radical (unpaired) electrons. The fourth-order valence-electron chi connectivity index (χ4n) is 3.74. The Balaban J connectivity index is 0.00000154. The van der Waals surface area contributed by atoms with Crippen LogP contribution in [0.4, 0.5) is 27.1 Å². The van der Waals surface area contributed by atoms with Crippen molar-refractivity contribution in [2.24, 2.45) is 5.11 Å². The molecule has 1 heterocycles. The van der Waals surface area contributed by atoms with Crippen molar-refractivity contribution in [1.82, 2.24) is 10.2 Å². The molecule has 1 fully saturated rings. The van der Waals surface area contributed by atoms with Crippen LogP contribution < -0.4 is 16.0 Å². The fourth-order valence-corrected chi connectivity index (χ4v) is 3.74. The second kappa shape index (κ2) is 15.2. The number of benzene rings is 2. The lowest BCUT2D eigenvalue weighted by Gasteiger charge is -2.46. The predicted molar refractivity (Wildman–Crippen MR) is 147 cm³/mol. The molecule has 3 rings (SSSR count). The van der Waals surface area contributed by atoms with E-state index in [0.29, 0.717) is 29.2 Å². The highest BCUT2D eigenvalue weighted by molar-refractivity contribution is 6.03. The molecule has 1 amide bonds. The molecule has 0 spiro atoms. The van der Waals surface area contributed by atoms with E-state index < -0.39 is 11.4 Å². The molecule has 36 heavy (non-hydrogen) atoms. The zero-order valence-electron chi connectivity index (χ0n) is 22.8. The van der Waals surface area contributed by atoms with Crippen LogP contribution in [0.15, 0.2) is 35.4 Å². The zero-order chi connectivity index (χ0) is 27.3. The number of amides is 1. The molecule has 200 valence electrons. The average molecular weight is 503 g/mol. The number of β-amino-alcohol motifs (C(OH)–C–C–N with tert-alkyl or cyclic N) is 1. The lowest BCUT2D eigenvalue weighted by Crippen LogP contribution is -2.67. The van der Waals surface area contributed by atoms with Crippen LogP contribution in [-0.2, 0) is 0 Å². The maximum Gasteiger partial charge on any atom is 0.256 e. The number of aryl methyl sites for hydroxylation is 1. The number of carbonyl (C=O) groups is 1. The molecule has 2 aromatic rings. The molecule has 1 aliphatic heterocycles. The lowest BCUT2D eigenvalue weighted by molar-refractivity contribution is -0.0784. The minimum Gasteiger partial charge on any atom is -0.386 e. The average Bonchev–Trinajstić information content (AvgIpc) is 2.88. The van der Waals surface area contributed by atoms with E-state index in [1.165, 1.54) is 6.07 Å². The van der Waals surface area contributed by atoms with Gasteiger partial charge in [-0.05, 0) is 49.7 Å². The third kappa shape index (κ3) is 7.99. The fraction of sp³-hybridized carbons (Fsp3) is 0.519. The van der Waals surface area contributed by atoms with E-state index in [1.807, 2.05) is 27.7 Å². The quantitative estimate of drug-likeness (QED) is 0.196. The van der Waals surface area contributed by atoms with Gasteiger partial charge in [0, 0.05) is 13.6 Å². The Bertz CT molecular complexity index is 992. The summed E-state index contributed by atoms with van der Waals surface area (Å²) in [5.74, 6) is -0.729. The Labute approximate surface area is 215 Å². The topological polar surface area (TPSA) is 113 Å². The molecule has 5 N–H and O–H groups in total. The van der Waals surface area contributed by atoms with E-state index in [4.69, 9.17) is 5.53 Å². The Morgan fingerprint density at radius 2 is 1.81 bits per heavy atom. The van der Waals surface area contributed by atoms with E-state index in [0.717, 1.165) is 24.9 Å². The van der Waals surface area contributed by atoms with Gasteiger partial charge in [0.15, 0.2) is 0 Å². The van der Waals surface area contributed by atoms with Gasteiger partial charge < -0.3 is 26.0 Å². The SMILES string of the molecule is CC.CC.CCCCNCC1(O)CN(C(=O)c2cc(NC)c(N=N)cc2Nc2ccc(C)cc2F)C1. The number of anilines is 3. The van der Waals surface area contributed by atoms with Crippen LogP contribution in [0.2, 0.25) is 0 Å². The van der Waals surface area contributed by atoms with Gasteiger partial charge in [0.1, 0.15) is 17.1 Å². The van der Waals surface area contributed by atoms with Crippen LogP contribution in [0.1, 0.15) is 63.4 Å². The first kappa shape index (κ1) is 31.0. The maximum absolute atomic E-state index is 14.4. The molecule has 0 aliphatic carbocycles. The van der Waals surface area contributed by atoms with Crippen LogP contribution in [-0.4, -0.2) is 54.7 Å². The molecule has 2 aromatic carbocycles. The van der Waals surface area contributed by atoms with Crippen molar-refractivity contribution in [3.63, 3.8) is 0 Å². The molecule has 8 nitrogen and oxygen atoms in total. The zero-order valence-corrected chi connectivity index (χ0v) is 22.8. The Kier molecular flexibility index (Phi) is 13.0. The van der Waals surface area contributed by atoms with Crippen LogP contribution in [0.25, 0.3) is 0 Å². The van der Waals surface area contributed by atoms with Gasteiger partial charge in [-0.1, -0.05) is 47.1 Å². The molecule has 0 bridgehead atoms. The predicted octanol–water partition coefficient (Wildman–Crippen LogP) is 6.21. The third-order valence-electron chi connectivity index (χ3n) is 5.57. The molecule has 1 aliphatic rings. The monoisotopic (exact) mass is 502 g/mol. The van der Waals surface area contributed by atoms with E-state index in [9.17, 15) is 14.3 Å². The van der Waals surface area contributed by atoms with E-state index in [1.54, 1.807) is 43.1 Å². The minimum atomic E-state index is -0.956. The second-order valence-corrected chi connectivity index (χ2v) is 8.30. The van der Waals surface area contributed by atoms with E-state index in [2.05, 4.69) is 28.0 Å². The number of unbranched alkanes of at least 4 members (excludes halogenated alkanes) is 1. The third-order valence-corrected chi connectivity index (χ3v) is 5.57. The minimum absolute atomic E-state index is 0.211. The van der Waals surface area contributed by atoms with Crippen LogP contribution in [0, 0.1) is 18.3 Å².